The minimum atomic E-state index is -1.04. The lowest BCUT2D eigenvalue weighted by atomic mass is 10.1. The molecule has 0 atom stereocenters. The molecule has 1 amide bonds. The van der Waals surface area contributed by atoms with Gasteiger partial charge in [-0.3, -0.25) is 4.79 Å². The molecule has 0 aliphatic carbocycles. The third-order valence-corrected chi connectivity index (χ3v) is 3.21. The molecule has 0 heterocycles. The first-order valence-corrected chi connectivity index (χ1v) is 6.79. The number of carbonyl (C=O) groups is 2. The Morgan fingerprint density at radius 2 is 1.82 bits per heavy atom. The van der Waals surface area contributed by atoms with E-state index in [4.69, 9.17) is 9.84 Å². The van der Waals surface area contributed by atoms with Gasteiger partial charge in [-0.2, -0.15) is 0 Å². The fourth-order valence-corrected chi connectivity index (χ4v) is 1.94. The molecule has 0 saturated carbocycles. The highest BCUT2D eigenvalue weighted by atomic mass is 16.5. The molecule has 5 nitrogen and oxygen atoms in total. The molecule has 0 unspecified atom stereocenters. The Balaban J connectivity index is 2.02. The molecule has 2 rings (SSSR count). The summed E-state index contributed by atoms with van der Waals surface area (Å²) in [4.78, 5) is 22.9. The molecule has 0 spiro atoms. The van der Waals surface area contributed by atoms with Gasteiger partial charge in [-0.05, 0) is 43.2 Å². The van der Waals surface area contributed by atoms with E-state index in [1.807, 2.05) is 25.1 Å². The zero-order valence-corrected chi connectivity index (χ0v) is 12.4. The molecule has 0 aromatic heterocycles. The average Bonchev–Trinajstić information content (AvgIpc) is 2.48. The van der Waals surface area contributed by atoms with Crippen molar-refractivity contribution in [1.29, 1.82) is 0 Å². The van der Waals surface area contributed by atoms with E-state index >= 15 is 0 Å². The van der Waals surface area contributed by atoms with Gasteiger partial charge in [0.15, 0.2) is 6.61 Å². The maximum Gasteiger partial charge on any atom is 0.335 e. The number of para-hydroxylation sites is 1. The summed E-state index contributed by atoms with van der Waals surface area (Å²) in [7, 11) is 0. The number of hydrogen-bond donors (Lipinski definition) is 2. The minimum Gasteiger partial charge on any atom is -0.483 e. The van der Waals surface area contributed by atoms with Crippen LogP contribution in [0.4, 0.5) is 5.69 Å². The summed E-state index contributed by atoms with van der Waals surface area (Å²) >= 11 is 0. The zero-order valence-electron chi connectivity index (χ0n) is 12.4. The maximum absolute atomic E-state index is 11.9. The summed E-state index contributed by atoms with van der Waals surface area (Å²) in [5.74, 6) is -0.728. The average molecular weight is 299 g/mol. The van der Waals surface area contributed by atoms with Crippen molar-refractivity contribution in [1.82, 2.24) is 0 Å². The standard InChI is InChI=1S/C17H17NO4/c1-11-7-8-13(17(20)21)9-14(11)18-16(19)10-22-15-6-4-3-5-12(15)2/h3-9H,10H2,1-2H3,(H,18,19)(H,20,21). The van der Waals surface area contributed by atoms with Crippen molar-refractivity contribution in [2.75, 3.05) is 11.9 Å². The summed E-state index contributed by atoms with van der Waals surface area (Å²) in [6.07, 6.45) is 0. The molecule has 2 N–H and O–H groups in total. The van der Waals surface area contributed by atoms with Gasteiger partial charge in [0.05, 0.1) is 5.56 Å². The summed E-state index contributed by atoms with van der Waals surface area (Å²) < 4.78 is 5.46. The van der Waals surface area contributed by atoms with Crippen molar-refractivity contribution in [2.45, 2.75) is 13.8 Å². The Morgan fingerprint density at radius 1 is 1.09 bits per heavy atom. The smallest absolute Gasteiger partial charge is 0.335 e. The second-order valence-electron chi connectivity index (χ2n) is 4.94. The van der Waals surface area contributed by atoms with E-state index in [0.29, 0.717) is 11.4 Å². The maximum atomic E-state index is 11.9. The number of amides is 1. The van der Waals surface area contributed by atoms with Crippen LogP contribution in [0.25, 0.3) is 0 Å². The molecular weight excluding hydrogens is 282 g/mol. The van der Waals surface area contributed by atoms with E-state index in [1.165, 1.54) is 12.1 Å². The van der Waals surface area contributed by atoms with Crippen molar-refractivity contribution < 1.29 is 19.4 Å². The second-order valence-corrected chi connectivity index (χ2v) is 4.94. The van der Waals surface area contributed by atoms with Crippen LogP contribution in [0.15, 0.2) is 42.5 Å². The van der Waals surface area contributed by atoms with E-state index in [0.717, 1.165) is 11.1 Å². The lowest BCUT2D eigenvalue weighted by Crippen LogP contribution is -2.21. The van der Waals surface area contributed by atoms with Crippen molar-refractivity contribution >= 4 is 17.6 Å². The van der Waals surface area contributed by atoms with Gasteiger partial charge in [0, 0.05) is 5.69 Å². The molecule has 0 fully saturated rings. The summed E-state index contributed by atoms with van der Waals surface area (Å²) in [6, 6.07) is 12.0. The first kappa shape index (κ1) is 15.6. The van der Waals surface area contributed by atoms with Crippen LogP contribution < -0.4 is 10.1 Å². The highest BCUT2D eigenvalue weighted by Gasteiger charge is 2.10. The van der Waals surface area contributed by atoms with Crippen LogP contribution in [0.3, 0.4) is 0 Å². The molecule has 114 valence electrons. The van der Waals surface area contributed by atoms with Crippen LogP contribution in [-0.2, 0) is 4.79 Å². The molecule has 0 aliphatic rings. The van der Waals surface area contributed by atoms with E-state index in [9.17, 15) is 9.59 Å². The van der Waals surface area contributed by atoms with Crippen LogP contribution in [0.1, 0.15) is 21.5 Å². The van der Waals surface area contributed by atoms with E-state index in [-0.39, 0.29) is 18.1 Å². The highest BCUT2D eigenvalue weighted by Crippen LogP contribution is 2.18. The molecule has 2 aromatic rings. The predicted octanol–water partition coefficient (Wildman–Crippen LogP) is 3.02. The van der Waals surface area contributed by atoms with E-state index in [1.54, 1.807) is 19.1 Å². The number of anilines is 1. The zero-order chi connectivity index (χ0) is 16.1. The van der Waals surface area contributed by atoms with Crippen molar-refractivity contribution in [3.8, 4) is 5.75 Å². The van der Waals surface area contributed by atoms with Crippen LogP contribution in [-0.4, -0.2) is 23.6 Å². The van der Waals surface area contributed by atoms with Gasteiger partial charge < -0.3 is 15.2 Å². The molecule has 0 aliphatic heterocycles. The molecular formula is C17H17NO4. The fourth-order valence-electron chi connectivity index (χ4n) is 1.94. The number of aromatic carboxylic acids is 1. The number of carbonyl (C=O) groups excluding carboxylic acids is 1. The first-order chi connectivity index (χ1) is 10.5. The number of carboxylic acids is 1. The number of benzene rings is 2. The molecule has 0 radical (unpaired) electrons. The monoisotopic (exact) mass is 299 g/mol. The molecule has 22 heavy (non-hydrogen) atoms. The molecule has 0 bridgehead atoms. The highest BCUT2D eigenvalue weighted by molar-refractivity contribution is 5.95. The Labute approximate surface area is 128 Å². The molecule has 0 saturated heterocycles. The lowest BCUT2D eigenvalue weighted by Gasteiger charge is -2.11. The fraction of sp³-hybridized carbons (Fsp3) is 0.176. The van der Waals surface area contributed by atoms with Crippen LogP contribution in [0.2, 0.25) is 0 Å². The Hall–Kier alpha value is -2.82. The number of rotatable bonds is 5. The quantitative estimate of drug-likeness (QED) is 0.890. The number of ether oxygens (including phenoxy) is 1. The number of aryl methyl sites for hydroxylation is 2. The summed E-state index contributed by atoms with van der Waals surface area (Å²) in [5.41, 5.74) is 2.33. The van der Waals surface area contributed by atoms with Gasteiger partial charge in [-0.25, -0.2) is 4.79 Å². The Bertz CT molecular complexity index is 710. The Morgan fingerprint density at radius 3 is 2.50 bits per heavy atom. The molecule has 5 heteroatoms. The predicted molar refractivity (Wildman–Crippen MR) is 83.4 cm³/mol. The van der Waals surface area contributed by atoms with Crippen molar-refractivity contribution in [2.24, 2.45) is 0 Å². The summed E-state index contributed by atoms with van der Waals surface area (Å²) in [6.45, 7) is 3.55. The number of carboxylic acid groups (broad SMARTS) is 1. The van der Waals surface area contributed by atoms with Gasteiger partial charge in [-0.15, -0.1) is 0 Å². The minimum absolute atomic E-state index is 0.126. The van der Waals surface area contributed by atoms with Crippen molar-refractivity contribution in [3.05, 3.63) is 59.2 Å². The van der Waals surface area contributed by atoms with Crippen LogP contribution in [0, 0.1) is 13.8 Å². The van der Waals surface area contributed by atoms with Gasteiger partial charge in [0.2, 0.25) is 0 Å². The van der Waals surface area contributed by atoms with Gasteiger partial charge in [0.1, 0.15) is 5.75 Å². The SMILES string of the molecule is Cc1ccc(C(=O)O)cc1NC(=O)COc1ccccc1C. The van der Waals surface area contributed by atoms with Crippen LogP contribution in [0.5, 0.6) is 5.75 Å². The van der Waals surface area contributed by atoms with E-state index < -0.39 is 5.97 Å². The normalized spacial score (nSPS) is 10.1. The van der Waals surface area contributed by atoms with E-state index in [2.05, 4.69) is 5.32 Å². The Kier molecular flexibility index (Phi) is 4.78. The topological polar surface area (TPSA) is 75.6 Å². The third kappa shape index (κ3) is 3.85. The van der Waals surface area contributed by atoms with Gasteiger partial charge >= 0.3 is 5.97 Å². The van der Waals surface area contributed by atoms with Gasteiger partial charge in [-0.1, -0.05) is 24.3 Å². The number of nitrogens with one attached hydrogen (secondary N) is 1. The van der Waals surface area contributed by atoms with Crippen LogP contribution >= 0.6 is 0 Å². The second kappa shape index (κ2) is 6.76. The molecule has 2 aromatic carbocycles. The lowest BCUT2D eigenvalue weighted by molar-refractivity contribution is -0.118. The van der Waals surface area contributed by atoms with Gasteiger partial charge in [0.25, 0.3) is 5.91 Å². The summed E-state index contributed by atoms with van der Waals surface area (Å²) in [5, 5.41) is 11.6. The first-order valence-electron chi connectivity index (χ1n) is 6.79. The largest absolute Gasteiger partial charge is 0.483 e. The van der Waals surface area contributed by atoms with Crippen molar-refractivity contribution in [3.63, 3.8) is 0 Å². The number of hydrogen-bond acceptors (Lipinski definition) is 3. The third-order valence-electron chi connectivity index (χ3n) is 3.21.